The molecule has 2 aliphatic rings. The normalized spacial score (nSPS) is 14.4. The fraction of sp³-hybridized carbons (Fsp3) is 0.111. The Hall–Kier alpha value is -6.64. The van der Waals surface area contributed by atoms with E-state index in [1.807, 2.05) is 0 Å². The van der Waals surface area contributed by atoms with E-state index in [0.717, 1.165) is 50.1 Å². The summed E-state index contributed by atoms with van der Waals surface area (Å²) in [5, 5.41) is 2.21. The first-order chi connectivity index (χ1) is 27.3. The molecular formula is C54H41NO. The third kappa shape index (κ3) is 4.69. The van der Waals surface area contributed by atoms with Crippen molar-refractivity contribution < 1.29 is 4.42 Å². The van der Waals surface area contributed by atoms with Crippen LogP contribution in [0.4, 0.5) is 17.1 Å². The van der Waals surface area contributed by atoms with Crippen molar-refractivity contribution in [3.63, 3.8) is 0 Å². The highest BCUT2D eigenvalue weighted by atomic mass is 16.3. The van der Waals surface area contributed by atoms with Crippen molar-refractivity contribution >= 4 is 39.0 Å². The number of hydrogen-bond donors (Lipinski definition) is 0. The zero-order valence-electron chi connectivity index (χ0n) is 32.1. The first-order valence-corrected chi connectivity index (χ1v) is 19.7. The van der Waals surface area contributed by atoms with Crippen LogP contribution in [0, 0.1) is 0 Å². The number of anilines is 3. The number of furan rings is 1. The maximum absolute atomic E-state index is 6.66. The Bertz CT molecular complexity index is 3020. The van der Waals surface area contributed by atoms with Gasteiger partial charge in [0.2, 0.25) is 0 Å². The van der Waals surface area contributed by atoms with Gasteiger partial charge in [-0.15, -0.1) is 0 Å². The third-order valence-corrected chi connectivity index (χ3v) is 12.7. The van der Waals surface area contributed by atoms with Crippen molar-refractivity contribution in [3.05, 3.63) is 198 Å². The average molecular weight is 720 g/mol. The van der Waals surface area contributed by atoms with Crippen molar-refractivity contribution in [1.29, 1.82) is 0 Å². The fourth-order valence-electron chi connectivity index (χ4n) is 9.85. The molecular weight excluding hydrogens is 679 g/mol. The van der Waals surface area contributed by atoms with Gasteiger partial charge >= 0.3 is 0 Å². The van der Waals surface area contributed by atoms with Crippen LogP contribution >= 0.6 is 0 Å². The molecule has 11 rings (SSSR count). The highest BCUT2D eigenvalue weighted by Gasteiger charge is 2.37. The second-order valence-electron chi connectivity index (χ2n) is 16.5. The lowest BCUT2D eigenvalue weighted by Gasteiger charge is -2.29. The Kier molecular flexibility index (Phi) is 6.98. The van der Waals surface area contributed by atoms with E-state index in [1.54, 1.807) is 0 Å². The van der Waals surface area contributed by atoms with Crippen LogP contribution in [0.15, 0.2) is 180 Å². The van der Waals surface area contributed by atoms with E-state index in [4.69, 9.17) is 4.42 Å². The molecule has 0 amide bonds. The van der Waals surface area contributed by atoms with Gasteiger partial charge in [-0.2, -0.15) is 0 Å². The molecule has 0 N–H and O–H groups in total. The van der Waals surface area contributed by atoms with Gasteiger partial charge in [-0.1, -0.05) is 161 Å². The number of rotatable bonds is 5. The summed E-state index contributed by atoms with van der Waals surface area (Å²) in [6.07, 6.45) is 0. The fourth-order valence-corrected chi connectivity index (χ4v) is 9.85. The van der Waals surface area contributed by atoms with E-state index in [1.165, 1.54) is 55.6 Å². The number of hydrogen-bond acceptors (Lipinski definition) is 2. The van der Waals surface area contributed by atoms with Gasteiger partial charge in [0, 0.05) is 27.6 Å². The molecule has 1 heterocycles. The third-order valence-electron chi connectivity index (χ3n) is 12.7. The second kappa shape index (κ2) is 11.9. The lowest BCUT2D eigenvalue weighted by molar-refractivity contribution is 0.660. The molecule has 0 bridgehead atoms. The van der Waals surface area contributed by atoms with Gasteiger partial charge in [0.15, 0.2) is 0 Å². The first-order valence-electron chi connectivity index (χ1n) is 19.7. The molecule has 2 aliphatic carbocycles. The summed E-state index contributed by atoms with van der Waals surface area (Å²) in [6.45, 7) is 9.41. The SMILES string of the molecule is CC1(C)c2ccccc2-c2ccc(N(c3ccc(-c4cccc5c4-c4ccccc4C5(C)C)cc3)c3cc(-c4ccccc4)cc4oc5ccccc5c34)cc21. The zero-order chi connectivity index (χ0) is 37.8. The number of para-hydroxylation sites is 1. The van der Waals surface area contributed by atoms with Crippen LogP contribution in [0.3, 0.4) is 0 Å². The lowest BCUT2D eigenvalue weighted by Crippen LogP contribution is -2.16. The van der Waals surface area contributed by atoms with Gasteiger partial charge in [0.05, 0.1) is 11.1 Å². The monoisotopic (exact) mass is 719 g/mol. The lowest BCUT2D eigenvalue weighted by atomic mass is 9.82. The zero-order valence-corrected chi connectivity index (χ0v) is 32.1. The Morgan fingerprint density at radius 3 is 1.80 bits per heavy atom. The minimum atomic E-state index is -0.140. The highest BCUT2D eigenvalue weighted by Crippen LogP contribution is 2.54. The molecule has 0 unspecified atom stereocenters. The van der Waals surface area contributed by atoms with E-state index in [9.17, 15) is 0 Å². The molecule has 8 aromatic carbocycles. The van der Waals surface area contributed by atoms with Gasteiger partial charge < -0.3 is 9.32 Å². The molecule has 0 fully saturated rings. The summed E-state index contributed by atoms with van der Waals surface area (Å²) in [5.41, 5.74) is 20.4. The molecule has 0 atom stereocenters. The first kappa shape index (κ1) is 32.8. The second-order valence-corrected chi connectivity index (χ2v) is 16.5. The molecule has 0 saturated carbocycles. The molecule has 9 aromatic rings. The minimum Gasteiger partial charge on any atom is -0.456 e. The Balaban J connectivity index is 1.15. The van der Waals surface area contributed by atoms with Crippen LogP contribution in [-0.4, -0.2) is 0 Å². The smallest absolute Gasteiger partial charge is 0.138 e. The maximum atomic E-state index is 6.66. The summed E-state index contributed by atoms with van der Waals surface area (Å²) in [6, 6.07) is 64.5. The molecule has 0 saturated heterocycles. The van der Waals surface area contributed by atoms with Crippen LogP contribution in [0.25, 0.3) is 66.4 Å². The van der Waals surface area contributed by atoms with Crippen molar-refractivity contribution in [3.8, 4) is 44.5 Å². The number of fused-ring (bicyclic) bond motifs is 9. The molecule has 2 nitrogen and oxygen atoms in total. The quantitative estimate of drug-likeness (QED) is 0.176. The van der Waals surface area contributed by atoms with Crippen LogP contribution in [0.5, 0.6) is 0 Å². The van der Waals surface area contributed by atoms with E-state index in [-0.39, 0.29) is 10.8 Å². The maximum Gasteiger partial charge on any atom is 0.138 e. The topological polar surface area (TPSA) is 16.4 Å². The molecule has 268 valence electrons. The van der Waals surface area contributed by atoms with Crippen LogP contribution in [0.1, 0.15) is 49.9 Å². The van der Waals surface area contributed by atoms with Gasteiger partial charge in [0.1, 0.15) is 11.2 Å². The molecule has 56 heavy (non-hydrogen) atoms. The van der Waals surface area contributed by atoms with Gasteiger partial charge in [-0.05, 0) is 109 Å². The minimum absolute atomic E-state index is 0.0534. The van der Waals surface area contributed by atoms with Crippen LogP contribution in [-0.2, 0) is 10.8 Å². The standard InChI is InChI=1S/C54H41NO/c1-53(2)45-22-12-9-18-42(45)51-39(20-14-23-46(51)53)35-25-27-37(28-26-35)55(38-29-30-41-40-17-8-11-21-44(40)54(3,4)47(41)33-38)48-31-36(34-15-6-5-7-16-34)32-50-52(48)43-19-10-13-24-49(43)56-50/h5-33H,1-4H3. The molecule has 0 aliphatic heterocycles. The van der Waals surface area contributed by atoms with Gasteiger partial charge in [-0.25, -0.2) is 0 Å². The van der Waals surface area contributed by atoms with Crippen molar-refractivity contribution in [2.24, 2.45) is 0 Å². The van der Waals surface area contributed by atoms with Crippen molar-refractivity contribution in [2.45, 2.75) is 38.5 Å². The predicted octanol–water partition coefficient (Wildman–Crippen LogP) is 15.0. The van der Waals surface area contributed by atoms with E-state index in [0.29, 0.717) is 0 Å². The van der Waals surface area contributed by atoms with E-state index >= 15 is 0 Å². The van der Waals surface area contributed by atoms with Crippen molar-refractivity contribution in [2.75, 3.05) is 4.90 Å². The molecule has 1 aromatic heterocycles. The van der Waals surface area contributed by atoms with Crippen LogP contribution in [0.2, 0.25) is 0 Å². The van der Waals surface area contributed by atoms with Gasteiger partial charge in [-0.3, -0.25) is 0 Å². The summed E-state index contributed by atoms with van der Waals surface area (Å²) < 4.78 is 6.66. The summed E-state index contributed by atoms with van der Waals surface area (Å²) in [5.74, 6) is 0. The van der Waals surface area contributed by atoms with Crippen molar-refractivity contribution in [1.82, 2.24) is 0 Å². The Morgan fingerprint density at radius 1 is 0.393 bits per heavy atom. The van der Waals surface area contributed by atoms with Crippen LogP contribution < -0.4 is 4.90 Å². The highest BCUT2D eigenvalue weighted by molar-refractivity contribution is 6.15. The Labute approximate surface area is 328 Å². The number of nitrogens with zero attached hydrogens (tertiary/aromatic N) is 1. The van der Waals surface area contributed by atoms with E-state index in [2.05, 4.69) is 209 Å². The average Bonchev–Trinajstić information content (AvgIpc) is 3.81. The number of benzene rings is 8. The summed E-state index contributed by atoms with van der Waals surface area (Å²) >= 11 is 0. The molecule has 2 heteroatoms. The summed E-state index contributed by atoms with van der Waals surface area (Å²) in [4.78, 5) is 2.45. The summed E-state index contributed by atoms with van der Waals surface area (Å²) in [7, 11) is 0. The predicted molar refractivity (Wildman–Crippen MR) is 234 cm³/mol. The molecule has 0 radical (unpaired) electrons. The van der Waals surface area contributed by atoms with Gasteiger partial charge in [0.25, 0.3) is 0 Å². The molecule has 0 spiro atoms. The van der Waals surface area contributed by atoms with E-state index < -0.39 is 0 Å². The largest absolute Gasteiger partial charge is 0.456 e. The Morgan fingerprint density at radius 2 is 1.00 bits per heavy atom.